The van der Waals surface area contributed by atoms with E-state index in [1.54, 1.807) is 0 Å². The molecule has 126 valence electrons. The van der Waals surface area contributed by atoms with Crippen LogP contribution in [-0.4, -0.2) is 68.6 Å². The lowest BCUT2D eigenvalue weighted by Gasteiger charge is -2.45. The van der Waals surface area contributed by atoms with Crippen LogP contribution in [0.1, 0.15) is 6.92 Å². The Morgan fingerprint density at radius 1 is 1.41 bits per heavy atom. The summed E-state index contributed by atoms with van der Waals surface area (Å²) in [5, 5.41) is 32.8. The third-order valence-electron chi connectivity index (χ3n) is 3.61. The van der Waals surface area contributed by atoms with Gasteiger partial charge in [-0.05, 0) is 6.92 Å². The molecule has 0 saturated carbocycles. The van der Waals surface area contributed by atoms with Gasteiger partial charge in [0.2, 0.25) is 0 Å². The highest BCUT2D eigenvalue weighted by Gasteiger charge is 2.63. The van der Waals surface area contributed by atoms with Gasteiger partial charge in [-0.1, -0.05) is 17.8 Å². The van der Waals surface area contributed by atoms with Gasteiger partial charge in [-0.3, -0.25) is 4.99 Å². The zero-order valence-corrected chi connectivity index (χ0v) is 12.4. The molecular formula is C12H17F3N2O4S. The normalized spacial score (nSPS) is 40.0. The number of nitrogens with zero attached hydrogens (tertiary/aromatic N) is 1. The second kappa shape index (κ2) is 6.00. The number of amidine groups is 1. The molecule has 0 amide bonds. The number of aliphatic hydroxyl groups excluding tert-OH is 2. The van der Waals surface area contributed by atoms with Crippen LogP contribution >= 0.6 is 11.8 Å². The number of nitrogens with one attached hydrogen (secondary N) is 1. The summed E-state index contributed by atoms with van der Waals surface area (Å²) in [5.74, 6) is 0. The maximum absolute atomic E-state index is 12.9. The summed E-state index contributed by atoms with van der Waals surface area (Å²) >= 11 is 0.990. The lowest BCUT2D eigenvalue weighted by Crippen LogP contribution is -2.67. The number of hydrogen-bond donors (Lipinski definition) is 4. The minimum absolute atomic E-state index is 0.289. The zero-order chi connectivity index (χ0) is 16.7. The van der Waals surface area contributed by atoms with Gasteiger partial charge in [0.15, 0.2) is 10.8 Å². The van der Waals surface area contributed by atoms with Gasteiger partial charge in [-0.25, -0.2) is 0 Å². The molecule has 10 heteroatoms. The molecule has 2 rings (SSSR count). The molecular weight excluding hydrogens is 325 g/mol. The fourth-order valence-corrected chi connectivity index (χ4v) is 3.38. The smallest absolute Gasteiger partial charge is 0.388 e. The van der Waals surface area contributed by atoms with Gasteiger partial charge < -0.3 is 25.4 Å². The molecule has 6 atom stereocenters. The molecule has 6 unspecified atom stereocenters. The predicted octanol–water partition coefficient (Wildman–Crippen LogP) is -0.00660. The summed E-state index contributed by atoms with van der Waals surface area (Å²) in [6.45, 7) is 4.28. The Morgan fingerprint density at radius 3 is 2.59 bits per heavy atom. The number of ether oxygens (including phenoxy) is 1. The van der Waals surface area contributed by atoms with Crippen LogP contribution in [-0.2, 0) is 4.74 Å². The molecule has 2 aliphatic rings. The van der Waals surface area contributed by atoms with Crippen LogP contribution in [0, 0.1) is 0 Å². The van der Waals surface area contributed by atoms with Gasteiger partial charge in [0.05, 0.1) is 12.6 Å². The Kier molecular flexibility index (Phi) is 4.79. The number of aliphatic imine (C=N–C) groups is 1. The van der Waals surface area contributed by atoms with Crippen LogP contribution in [0.3, 0.4) is 0 Å². The minimum atomic E-state index is -5.01. The Bertz CT molecular complexity index is 472. The highest BCUT2D eigenvalue weighted by atomic mass is 32.2. The molecule has 22 heavy (non-hydrogen) atoms. The van der Waals surface area contributed by atoms with Gasteiger partial charge in [-0.15, -0.1) is 6.58 Å². The highest BCUT2D eigenvalue weighted by Crippen LogP contribution is 2.42. The van der Waals surface area contributed by atoms with Crippen LogP contribution in [0.25, 0.3) is 0 Å². The van der Waals surface area contributed by atoms with Crippen LogP contribution < -0.4 is 5.32 Å². The average molecular weight is 342 g/mol. The van der Waals surface area contributed by atoms with E-state index < -0.39 is 41.6 Å². The van der Waals surface area contributed by atoms with E-state index in [4.69, 9.17) is 4.74 Å². The summed E-state index contributed by atoms with van der Waals surface area (Å²) in [6, 6.07) is -0.816. The van der Waals surface area contributed by atoms with Crippen molar-refractivity contribution in [2.24, 2.45) is 4.99 Å². The minimum Gasteiger partial charge on any atom is -0.388 e. The van der Waals surface area contributed by atoms with Gasteiger partial charge in [0.25, 0.3) is 0 Å². The maximum Gasteiger partial charge on any atom is 0.419 e. The summed E-state index contributed by atoms with van der Waals surface area (Å²) in [7, 11) is 0. The standard InChI is InChI=1S/C12H17F3N2O4S/c1-3-4-16-10-17-5-6(18)7(19)8(21-9(5)22-10)11(2,20)12(13,14)15/h3,5-9,18-20H,1,4H2,2H3,(H,16,17). The molecule has 0 radical (unpaired) electrons. The highest BCUT2D eigenvalue weighted by molar-refractivity contribution is 8.14. The number of alkyl halides is 3. The summed E-state index contributed by atoms with van der Waals surface area (Å²) in [4.78, 5) is 4.05. The summed E-state index contributed by atoms with van der Waals surface area (Å²) < 4.78 is 44.0. The maximum atomic E-state index is 12.9. The van der Waals surface area contributed by atoms with E-state index >= 15 is 0 Å². The molecule has 2 saturated heterocycles. The fourth-order valence-electron chi connectivity index (χ4n) is 2.26. The first kappa shape index (κ1) is 17.5. The van der Waals surface area contributed by atoms with Crippen molar-refractivity contribution < 1.29 is 33.2 Å². The van der Waals surface area contributed by atoms with Gasteiger partial charge in [-0.2, -0.15) is 13.2 Å². The summed E-state index contributed by atoms with van der Waals surface area (Å²) in [6.07, 6.45) is -8.93. The Hall–Kier alpha value is -0.810. The first-order valence-electron chi connectivity index (χ1n) is 6.49. The van der Waals surface area contributed by atoms with E-state index in [0.29, 0.717) is 12.1 Å². The SMILES string of the molecule is C=CCN=C1NC2C(OC(C(C)(O)C(F)(F)F)C(O)C2O)S1. The number of halogens is 3. The number of aliphatic hydroxyl groups is 3. The van der Waals surface area contributed by atoms with Crippen LogP contribution in [0.2, 0.25) is 0 Å². The molecule has 4 N–H and O–H groups in total. The van der Waals surface area contributed by atoms with Crippen molar-refractivity contribution in [1.29, 1.82) is 0 Å². The first-order valence-corrected chi connectivity index (χ1v) is 7.36. The quantitative estimate of drug-likeness (QED) is 0.539. The molecule has 0 aromatic carbocycles. The zero-order valence-electron chi connectivity index (χ0n) is 11.6. The van der Waals surface area contributed by atoms with E-state index in [9.17, 15) is 28.5 Å². The second-order valence-electron chi connectivity index (χ2n) is 5.27. The van der Waals surface area contributed by atoms with Gasteiger partial charge in [0.1, 0.15) is 23.7 Å². The van der Waals surface area contributed by atoms with Gasteiger partial charge in [0, 0.05) is 0 Å². The van der Waals surface area contributed by atoms with E-state index in [-0.39, 0.29) is 6.54 Å². The van der Waals surface area contributed by atoms with Crippen molar-refractivity contribution in [3.63, 3.8) is 0 Å². The third-order valence-corrected chi connectivity index (χ3v) is 4.72. The van der Waals surface area contributed by atoms with Crippen molar-refractivity contribution in [3.8, 4) is 0 Å². The lowest BCUT2D eigenvalue weighted by molar-refractivity contribution is -0.318. The van der Waals surface area contributed by atoms with E-state index in [2.05, 4.69) is 16.9 Å². The van der Waals surface area contributed by atoms with Crippen LogP contribution in [0.4, 0.5) is 13.2 Å². The predicted molar refractivity (Wildman–Crippen MR) is 74.4 cm³/mol. The Labute approximate surface area is 129 Å². The summed E-state index contributed by atoms with van der Waals surface area (Å²) in [5.41, 5.74) is -4.19. The Balaban J connectivity index is 2.21. The van der Waals surface area contributed by atoms with Crippen molar-refractivity contribution in [3.05, 3.63) is 12.7 Å². The monoisotopic (exact) mass is 342 g/mol. The molecule has 2 fully saturated rings. The van der Waals surface area contributed by atoms with E-state index in [1.807, 2.05) is 0 Å². The number of fused-ring (bicyclic) bond motifs is 1. The van der Waals surface area contributed by atoms with Crippen molar-refractivity contribution in [2.45, 2.75) is 48.5 Å². The topological polar surface area (TPSA) is 94.3 Å². The van der Waals surface area contributed by atoms with Crippen molar-refractivity contribution in [2.75, 3.05) is 6.54 Å². The molecule has 6 nitrogen and oxygen atoms in total. The molecule has 0 aliphatic carbocycles. The third kappa shape index (κ3) is 2.98. The van der Waals surface area contributed by atoms with E-state index in [1.165, 1.54) is 6.08 Å². The first-order chi connectivity index (χ1) is 10.1. The van der Waals surface area contributed by atoms with Gasteiger partial charge >= 0.3 is 6.18 Å². The van der Waals surface area contributed by atoms with E-state index in [0.717, 1.165) is 11.8 Å². The molecule has 2 aliphatic heterocycles. The number of rotatable bonds is 3. The lowest BCUT2D eigenvalue weighted by atomic mass is 9.87. The Morgan fingerprint density at radius 2 is 2.05 bits per heavy atom. The molecule has 0 bridgehead atoms. The number of hydrogen-bond acceptors (Lipinski definition) is 6. The van der Waals surface area contributed by atoms with Crippen LogP contribution in [0.15, 0.2) is 17.6 Å². The molecule has 2 heterocycles. The fraction of sp³-hybridized carbons (Fsp3) is 0.750. The van der Waals surface area contributed by atoms with Crippen molar-refractivity contribution in [1.82, 2.24) is 5.32 Å². The molecule has 0 aromatic rings. The van der Waals surface area contributed by atoms with Crippen LogP contribution in [0.5, 0.6) is 0 Å². The average Bonchev–Trinajstić information content (AvgIpc) is 2.82. The molecule has 0 spiro atoms. The largest absolute Gasteiger partial charge is 0.419 e. The second-order valence-corrected chi connectivity index (χ2v) is 6.36. The number of thioether (sulfide) groups is 1. The molecule has 0 aromatic heterocycles. The van der Waals surface area contributed by atoms with Crippen molar-refractivity contribution >= 4 is 16.9 Å².